The maximum atomic E-state index is 6.17. The van der Waals surface area contributed by atoms with Gasteiger partial charge in [-0.2, -0.15) is 0 Å². The van der Waals surface area contributed by atoms with E-state index in [1.165, 1.54) is 0 Å². The molecule has 94 valence electrons. The minimum absolute atomic E-state index is 0.0140. The monoisotopic (exact) mass is 280 g/mol. The fourth-order valence-electron chi connectivity index (χ4n) is 1.77. The second-order valence-corrected chi connectivity index (χ2v) is 4.80. The number of nitrogens with one attached hydrogen (secondary N) is 1. The van der Waals surface area contributed by atoms with E-state index >= 15 is 0 Å². The van der Waals surface area contributed by atoms with E-state index in [0.717, 1.165) is 16.3 Å². The van der Waals surface area contributed by atoms with Crippen LogP contribution in [0.3, 0.4) is 0 Å². The van der Waals surface area contributed by atoms with Crippen molar-refractivity contribution in [3.8, 4) is 0 Å². The van der Waals surface area contributed by atoms with E-state index < -0.39 is 0 Å². The van der Waals surface area contributed by atoms with Crippen LogP contribution in [-0.4, -0.2) is 6.54 Å². The summed E-state index contributed by atoms with van der Waals surface area (Å²) >= 11 is 12.0. The second-order valence-electron chi connectivity index (χ2n) is 3.96. The molecule has 1 unspecified atom stereocenters. The van der Waals surface area contributed by atoms with E-state index in [4.69, 9.17) is 28.9 Å². The Bertz CT molecular complexity index is 511. The van der Waals surface area contributed by atoms with Crippen molar-refractivity contribution in [3.05, 3.63) is 64.1 Å². The number of halogens is 2. The summed E-state index contributed by atoms with van der Waals surface area (Å²) in [7, 11) is 0. The van der Waals surface area contributed by atoms with E-state index in [9.17, 15) is 0 Å². The molecule has 0 spiro atoms. The van der Waals surface area contributed by atoms with Crippen molar-refractivity contribution in [1.82, 2.24) is 0 Å². The zero-order valence-corrected chi connectivity index (χ0v) is 11.2. The molecule has 0 fully saturated rings. The molecule has 1 atom stereocenters. The summed E-state index contributed by atoms with van der Waals surface area (Å²) in [5.41, 5.74) is 7.77. The lowest BCUT2D eigenvalue weighted by molar-refractivity contribution is 0.790. The number of hydrogen-bond acceptors (Lipinski definition) is 2. The molecule has 0 heterocycles. The van der Waals surface area contributed by atoms with Crippen molar-refractivity contribution in [2.45, 2.75) is 6.04 Å². The molecule has 0 aliphatic heterocycles. The van der Waals surface area contributed by atoms with Crippen LogP contribution in [0.5, 0.6) is 0 Å². The summed E-state index contributed by atoms with van der Waals surface area (Å²) < 4.78 is 0. The van der Waals surface area contributed by atoms with Gasteiger partial charge >= 0.3 is 0 Å². The van der Waals surface area contributed by atoms with Gasteiger partial charge in [-0.1, -0.05) is 41.4 Å². The molecule has 0 aliphatic rings. The van der Waals surface area contributed by atoms with Crippen molar-refractivity contribution in [2.75, 3.05) is 11.9 Å². The second kappa shape index (κ2) is 6.10. The van der Waals surface area contributed by atoms with Gasteiger partial charge in [-0.25, -0.2) is 0 Å². The quantitative estimate of drug-likeness (QED) is 0.885. The zero-order valence-electron chi connectivity index (χ0n) is 9.74. The van der Waals surface area contributed by atoms with Gasteiger partial charge in [-0.3, -0.25) is 0 Å². The molecule has 0 bridgehead atoms. The first-order chi connectivity index (χ1) is 8.70. The molecule has 0 radical (unpaired) electrons. The molecule has 0 saturated heterocycles. The van der Waals surface area contributed by atoms with E-state index in [2.05, 4.69) is 5.32 Å². The number of rotatable bonds is 4. The van der Waals surface area contributed by atoms with Crippen molar-refractivity contribution >= 4 is 28.9 Å². The first kappa shape index (κ1) is 13.2. The topological polar surface area (TPSA) is 38.0 Å². The summed E-state index contributed by atoms with van der Waals surface area (Å²) in [6.07, 6.45) is 0. The molecule has 2 aromatic carbocycles. The molecule has 18 heavy (non-hydrogen) atoms. The van der Waals surface area contributed by atoms with Gasteiger partial charge in [0.15, 0.2) is 0 Å². The highest BCUT2D eigenvalue weighted by atomic mass is 35.5. The highest BCUT2D eigenvalue weighted by Crippen LogP contribution is 2.25. The van der Waals surface area contributed by atoms with E-state index in [1.54, 1.807) is 0 Å². The average molecular weight is 281 g/mol. The summed E-state index contributed by atoms with van der Waals surface area (Å²) in [6, 6.07) is 15.2. The predicted octanol–water partition coefficient (Wildman–Crippen LogP) is 4.11. The number of benzene rings is 2. The Hall–Kier alpha value is -1.22. The van der Waals surface area contributed by atoms with Crippen LogP contribution in [0.15, 0.2) is 48.5 Å². The number of anilines is 1. The van der Waals surface area contributed by atoms with Gasteiger partial charge in [0.1, 0.15) is 0 Å². The number of hydrogen-bond donors (Lipinski definition) is 2. The van der Waals surface area contributed by atoms with Gasteiger partial charge in [0.25, 0.3) is 0 Å². The van der Waals surface area contributed by atoms with Gasteiger partial charge in [0, 0.05) is 22.3 Å². The first-order valence-electron chi connectivity index (χ1n) is 5.67. The lowest BCUT2D eigenvalue weighted by Gasteiger charge is -2.19. The minimum atomic E-state index is -0.0140. The molecular formula is C14H14Cl2N2. The van der Waals surface area contributed by atoms with Crippen LogP contribution in [0.2, 0.25) is 10.0 Å². The van der Waals surface area contributed by atoms with Crippen molar-refractivity contribution in [2.24, 2.45) is 5.73 Å². The van der Waals surface area contributed by atoms with Crippen LogP contribution < -0.4 is 11.1 Å². The molecule has 0 saturated carbocycles. The Kier molecular flexibility index (Phi) is 4.48. The normalized spacial score (nSPS) is 12.2. The Morgan fingerprint density at radius 1 is 1.00 bits per heavy atom. The third-order valence-corrected chi connectivity index (χ3v) is 3.30. The van der Waals surface area contributed by atoms with E-state index in [1.807, 2.05) is 48.5 Å². The highest BCUT2D eigenvalue weighted by molar-refractivity contribution is 6.31. The Morgan fingerprint density at radius 2 is 1.67 bits per heavy atom. The van der Waals surface area contributed by atoms with Crippen molar-refractivity contribution < 1.29 is 0 Å². The Labute approximate surface area is 117 Å². The zero-order chi connectivity index (χ0) is 13.0. The summed E-state index contributed by atoms with van der Waals surface area (Å²) in [5, 5.41) is 4.77. The molecule has 2 rings (SSSR count). The fourth-order valence-corrected chi connectivity index (χ4v) is 2.16. The van der Waals surface area contributed by atoms with Gasteiger partial charge in [0.05, 0.1) is 6.04 Å². The third-order valence-electron chi connectivity index (χ3n) is 2.70. The van der Waals surface area contributed by atoms with E-state index in [0.29, 0.717) is 11.6 Å². The lowest BCUT2D eigenvalue weighted by atomic mass is 10.1. The summed E-state index contributed by atoms with van der Waals surface area (Å²) in [6.45, 7) is 0.465. The highest BCUT2D eigenvalue weighted by Gasteiger charge is 2.12. The van der Waals surface area contributed by atoms with Crippen molar-refractivity contribution in [1.29, 1.82) is 0 Å². The van der Waals surface area contributed by atoms with Crippen LogP contribution in [0.4, 0.5) is 5.69 Å². The standard InChI is InChI=1S/C14H14Cl2N2/c15-10-5-7-11(8-6-10)18-14(9-17)12-3-1-2-4-13(12)16/h1-8,14,18H,9,17H2. The molecule has 2 nitrogen and oxygen atoms in total. The molecule has 0 aromatic heterocycles. The first-order valence-corrected chi connectivity index (χ1v) is 6.43. The Balaban J connectivity index is 2.20. The molecule has 4 heteroatoms. The Morgan fingerprint density at radius 3 is 2.28 bits per heavy atom. The van der Waals surface area contributed by atoms with Crippen LogP contribution in [-0.2, 0) is 0 Å². The molecule has 2 aromatic rings. The van der Waals surface area contributed by atoms with E-state index in [-0.39, 0.29) is 6.04 Å². The lowest BCUT2D eigenvalue weighted by Crippen LogP contribution is -2.20. The van der Waals surface area contributed by atoms with Crippen LogP contribution in [0.25, 0.3) is 0 Å². The van der Waals surface area contributed by atoms with Crippen LogP contribution in [0, 0.1) is 0 Å². The van der Waals surface area contributed by atoms with Gasteiger partial charge in [0.2, 0.25) is 0 Å². The predicted molar refractivity (Wildman–Crippen MR) is 78.3 cm³/mol. The maximum absolute atomic E-state index is 6.17. The smallest absolute Gasteiger partial charge is 0.0650 e. The summed E-state index contributed by atoms with van der Waals surface area (Å²) in [4.78, 5) is 0. The molecule has 3 N–H and O–H groups in total. The summed E-state index contributed by atoms with van der Waals surface area (Å²) in [5.74, 6) is 0. The largest absolute Gasteiger partial charge is 0.377 e. The molecule has 0 aliphatic carbocycles. The number of nitrogens with two attached hydrogens (primary N) is 1. The van der Waals surface area contributed by atoms with Crippen LogP contribution in [0.1, 0.15) is 11.6 Å². The van der Waals surface area contributed by atoms with Crippen LogP contribution >= 0.6 is 23.2 Å². The fraction of sp³-hybridized carbons (Fsp3) is 0.143. The van der Waals surface area contributed by atoms with Gasteiger partial charge in [-0.05, 0) is 35.9 Å². The van der Waals surface area contributed by atoms with Gasteiger partial charge in [-0.15, -0.1) is 0 Å². The average Bonchev–Trinajstić information content (AvgIpc) is 2.39. The van der Waals surface area contributed by atoms with Gasteiger partial charge < -0.3 is 11.1 Å². The SMILES string of the molecule is NCC(Nc1ccc(Cl)cc1)c1ccccc1Cl. The minimum Gasteiger partial charge on any atom is -0.377 e. The molecular weight excluding hydrogens is 267 g/mol. The maximum Gasteiger partial charge on any atom is 0.0650 e. The third kappa shape index (κ3) is 3.16. The molecule has 0 amide bonds. The van der Waals surface area contributed by atoms with Crippen molar-refractivity contribution in [3.63, 3.8) is 0 Å².